The summed E-state index contributed by atoms with van der Waals surface area (Å²) in [6.07, 6.45) is 0. The number of anilines is 1. The molecule has 2 aromatic carbocycles. The molecule has 0 bridgehead atoms. The topological polar surface area (TPSA) is 63.4 Å². The first-order chi connectivity index (χ1) is 9.95. The molecule has 0 aromatic heterocycles. The predicted octanol–water partition coefficient (Wildman–Crippen LogP) is 2.62. The van der Waals surface area contributed by atoms with Gasteiger partial charge in [0, 0.05) is 18.8 Å². The lowest BCUT2D eigenvalue weighted by Gasteiger charge is -2.21. The van der Waals surface area contributed by atoms with Crippen molar-refractivity contribution in [1.82, 2.24) is 4.31 Å². The minimum absolute atomic E-state index is 0.151. The van der Waals surface area contributed by atoms with Gasteiger partial charge < -0.3 is 5.73 Å². The predicted molar refractivity (Wildman–Crippen MR) is 80.5 cm³/mol. The van der Waals surface area contributed by atoms with E-state index < -0.39 is 15.8 Å². The van der Waals surface area contributed by atoms with Gasteiger partial charge >= 0.3 is 0 Å². The summed E-state index contributed by atoms with van der Waals surface area (Å²) in [4.78, 5) is -0.309. The highest BCUT2D eigenvalue weighted by Gasteiger charge is 2.26. The number of sulfonamides is 1. The first kappa shape index (κ1) is 15.5. The second kappa shape index (κ2) is 6.24. The van der Waals surface area contributed by atoms with Crippen molar-refractivity contribution >= 4 is 15.7 Å². The minimum Gasteiger partial charge on any atom is -0.399 e. The van der Waals surface area contributed by atoms with Crippen LogP contribution in [0.4, 0.5) is 10.1 Å². The highest BCUT2D eigenvalue weighted by Crippen LogP contribution is 2.21. The first-order valence-electron chi connectivity index (χ1n) is 6.54. The van der Waals surface area contributed by atoms with Gasteiger partial charge in [-0.2, -0.15) is 4.31 Å². The van der Waals surface area contributed by atoms with E-state index in [1.165, 1.54) is 22.5 Å². The van der Waals surface area contributed by atoms with E-state index in [1.54, 1.807) is 31.2 Å². The molecule has 0 saturated heterocycles. The summed E-state index contributed by atoms with van der Waals surface area (Å²) in [6, 6.07) is 12.4. The van der Waals surface area contributed by atoms with Crippen LogP contribution < -0.4 is 5.73 Å². The van der Waals surface area contributed by atoms with Crippen molar-refractivity contribution in [3.05, 3.63) is 59.9 Å². The minimum atomic E-state index is -3.88. The summed E-state index contributed by atoms with van der Waals surface area (Å²) < 4.78 is 40.0. The van der Waals surface area contributed by atoms with E-state index in [-0.39, 0.29) is 18.0 Å². The molecule has 0 amide bonds. The molecule has 2 rings (SSSR count). The van der Waals surface area contributed by atoms with E-state index in [4.69, 9.17) is 5.73 Å². The third-order valence-corrected chi connectivity index (χ3v) is 5.07. The molecule has 0 atom stereocenters. The molecule has 2 aromatic rings. The number of benzene rings is 2. The maximum absolute atomic E-state index is 13.8. The highest BCUT2D eigenvalue weighted by atomic mass is 32.2. The Kier molecular flexibility index (Phi) is 4.59. The fraction of sp³-hybridized carbons (Fsp3) is 0.200. The van der Waals surface area contributed by atoms with Crippen molar-refractivity contribution < 1.29 is 12.8 Å². The fourth-order valence-corrected chi connectivity index (χ4v) is 3.56. The second-order valence-corrected chi connectivity index (χ2v) is 6.51. The average Bonchev–Trinajstić information content (AvgIpc) is 2.45. The van der Waals surface area contributed by atoms with Crippen molar-refractivity contribution in [1.29, 1.82) is 0 Å². The van der Waals surface area contributed by atoms with E-state index in [9.17, 15) is 12.8 Å². The zero-order valence-corrected chi connectivity index (χ0v) is 12.5. The number of halogens is 1. The van der Waals surface area contributed by atoms with Crippen molar-refractivity contribution in [2.75, 3.05) is 12.3 Å². The third-order valence-electron chi connectivity index (χ3n) is 3.12. The molecule has 2 N–H and O–H groups in total. The number of nitrogen functional groups attached to an aromatic ring is 1. The number of rotatable bonds is 5. The van der Waals surface area contributed by atoms with E-state index in [1.807, 2.05) is 0 Å². The molecule has 0 fully saturated rings. The summed E-state index contributed by atoms with van der Waals surface area (Å²) >= 11 is 0. The smallest absolute Gasteiger partial charge is 0.246 e. The Morgan fingerprint density at radius 1 is 1.14 bits per heavy atom. The quantitative estimate of drug-likeness (QED) is 0.864. The number of hydrogen-bond donors (Lipinski definition) is 1. The van der Waals surface area contributed by atoms with Crippen molar-refractivity contribution in [3.8, 4) is 0 Å². The molecule has 4 nitrogen and oxygen atoms in total. The van der Waals surface area contributed by atoms with Gasteiger partial charge in [-0.1, -0.05) is 31.2 Å². The average molecular weight is 308 g/mol. The molecule has 0 aliphatic heterocycles. The summed E-state index contributed by atoms with van der Waals surface area (Å²) in [5, 5.41) is 0. The lowest BCUT2D eigenvalue weighted by molar-refractivity contribution is 0.419. The largest absolute Gasteiger partial charge is 0.399 e. The van der Waals surface area contributed by atoms with Crippen LogP contribution in [-0.2, 0) is 16.6 Å². The van der Waals surface area contributed by atoms with Crippen molar-refractivity contribution in [3.63, 3.8) is 0 Å². The van der Waals surface area contributed by atoms with Crippen LogP contribution in [0, 0.1) is 5.82 Å². The summed E-state index contributed by atoms with van der Waals surface area (Å²) in [5.74, 6) is -0.747. The van der Waals surface area contributed by atoms with Crippen molar-refractivity contribution in [2.24, 2.45) is 0 Å². The van der Waals surface area contributed by atoms with Crippen LogP contribution in [-0.4, -0.2) is 19.3 Å². The lowest BCUT2D eigenvalue weighted by Crippen LogP contribution is -2.31. The SMILES string of the molecule is CCN(Cc1cccc(N)c1)S(=O)(=O)c1ccccc1F. The van der Waals surface area contributed by atoms with Gasteiger partial charge in [0.2, 0.25) is 10.0 Å². The maximum atomic E-state index is 13.8. The number of hydrogen-bond acceptors (Lipinski definition) is 3. The van der Waals surface area contributed by atoms with Gasteiger partial charge in [-0.3, -0.25) is 0 Å². The van der Waals surface area contributed by atoms with Crippen LogP contribution in [0.1, 0.15) is 12.5 Å². The van der Waals surface area contributed by atoms with Crippen LogP contribution in [0.15, 0.2) is 53.4 Å². The normalized spacial score (nSPS) is 11.8. The zero-order valence-electron chi connectivity index (χ0n) is 11.7. The molecule has 0 radical (unpaired) electrons. The van der Waals surface area contributed by atoms with Crippen LogP contribution in [0.5, 0.6) is 0 Å². The molecular weight excluding hydrogens is 291 g/mol. The van der Waals surface area contributed by atoms with E-state index in [0.29, 0.717) is 5.69 Å². The van der Waals surface area contributed by atoms with Crippen LogP contribution in [0.2, 0.25) is 0 Å². The maximum Gasteiger partial charge on any atom is 0.246 e. The molecule has 0 spiro atoms. The Morgan fingerprint density at radius 2 is 1.86 bits per heavy atom. The standard InChI is InChI=1S/C15H17FN2O2S/c1-2-18(11-12-6-5-7-13(17)10-12)21(19,20)15-9-4-3-8-14(15)16/h3-10H,2,11,17H2,1H3. The monoisotopic (exact) mass is 308 g/mol. The van der Waals surface area contributed by atoms with Gasteiger partial charge in [0.1, 0.15) is 10.7 Å². The molecular formula is C15H17FN2O2S. The molecule has 112 valence electrons. The summed E-state index contributed by atoms with van der Waals surface area (Å²) in [6.45, 7) is 2.11. The van der Waals surface area contributed by atoms with Gasteiger partial charge in [0.25, 0.3) is 0 Å². The van der Waals surface area contributed by atoms with Crippen LogP contribution in [0.25, 0.3) is 0 Å². The highest BCUT2D eigenvalue weighted by molar-refractivity contribution is 7.89. The van der Waals surface area contributed by atoms with Gasteiger partial charge in [0.05, 0.1) is 0 Å². The molecule has 21 heavy (non-hydrogen) atoms. The van der Waals surface area contributed by atoms with Gasteiger partial charge in [-0.05, 0) is 29.8 Å². The van der Waals surface area contributed by atoms with E-state index in [0.717, 1.165) is 11.6 Å². The molecule has 6 heteroatoms. The van der Waals surface area contributed by atoms with Gasteiger partial charge in [0.15, 0.2) is 0 Å². The first-order valence-corrected chi connectivity index (χ1v) is 7.98. The Morgan fingerprint density at radius 3 is 2.48 bits per heavy atom. The number of nitrogens with zero attached hydrogens (tertiary/aromatic N) is 1. The summed E-state index contributed by atoms with van der Waals surface area (Å²) in [5.41, 5.74) is 7.01. The Bertz CT molecular complexity index is 732. The Hall–Kier alpha value is -1.92. The van der Waals surface area contributed by atoms with E-state index in [2.05, 4.69) is 0 Å². The molecule has 0 unspecified atom stereocenters. The molecule has 0 aliphatic carbocycles. The van der Waals surface area contributed by atoms with Crippen molar-refractivity contribution in [2.45, 2.75) is 18.4 Å². The Labute approximate surface area is 124 Å². The van der Waals surface area contributed by atoms with Crippen LogP contribution >= 0.6 is 0 Å². The third kappa shape index (κ3) is 3.40. The molecule has 0 heterocycles. The molecule has 0 aliphatic rings. The fourth-order valence-electron chi connectivity index (χ4n) is 2.05. The van der Waals surface area contributed by atoms with Gasteiger partial charge in [-0.25, -0.2) is 12.8 Å². The zero-order chi connectivity index (χ0) is 15.5. The number of nitrogens with two attached hydrogens (primary N) is 1. The second-order valence-electron chi connectivity index (χ2n) is 4.61. The Balaban J connectivity index is 2.35. The molecule has 0 saturated carbocycles. The van der Waals surface area contributed by atoms with E-state index >= 15 is 0 Å². The van der Waals surface area contributed by atoms with Crippen LogP contribution in [0.3, 0.4) is 0 Å². The summed E-state index contributed by atoms with van der Waals surface area (Å²) in [7, 11) is -3.88. The lowest BCUT2D eigenvalue weighted by atomic mass is 10.2. The van der Waals surface area contributed by atoms with Gasteiger partial charge in [-0.15, -0.1) is 0 Å².